The number of halogens is 3. The fraction of sp³-hybridized carbons (Fsp3) is 0.250. The molecule has 1 heterocycles. The third-order valence-electron chi connectivity index (χ3n) is 1.28. The highest BCUT2D eigenvalue weighted by molar-refractivity contribution is 5.39. The van der Waals surface area contributed by atoms with E-state index in [2.05, 4.69) is 21.2 Å². The Labute approximate surface area is 78.4 Å². The Morgan fingerprint density at radius 2 is 2.14 bits per heavy atom. The summed E-state index contributed by atoms with van der Waals surface area (Å²) in [6, 6.07) is 1.27. The molecule has 1 rings (SSSR count). The van der Waals surface area contributed by atoms with Crippen molar-refractivity contribution in [2.24, 2.45) is 0 Å². The van der Waals surface area contributed by atoms with Crippen LogP contribution in [0.3, 0.4) is 0 Å². The van der Waals surface area contributed by atoms with Crippen molar-refractivity contribution in [3.8, 4) is 12.3 Å². The SMILES string of the molecule is C#Cc1cc(NCC(F)(F)F)ncn1. The van der Waals surface area contributed by atoms with Crippen LogP contribution in [0.25, 0.3) is 0 Å². The van der Waals surface area contributed by atoms with Crippen LogP contribution in [-0.4, -0.2) is 22.7 Å². The molecule has 0 aromatic carbocycles. The predicted octanol–water partition coefficient (Wildman–Crippen LogP) is 1.43. The minimum atomic E-state index is -4.28. The second-order valence-electron chi connectivity index (χ2n) is 2.40. The zero-order chi connectivity index (χ0) is 10.6. The molecule has 0 atom stereocenters. The van der Waals surface area contributed by atoms with Crippen molar-refractivity contribution in [3.05, 3.63) is 18.1 Å². The second-order valence-corrected chi connectivity index (χ2v) is 2.40. The lowest BCUT2D eigenvalue weighted by molar-refractivity contribution is -0.115. The summed E-state index contributed by atoms with van der Waals surface area (Å²) in [7, 11) is 0. The van der Waals surface area contributed by atoms with E-state index in [1.54, 1.807) is 0 Å². The largest absolute Gasteiger partial charge is 0.405 e. The van der Waals surface area contributed by atoms with Gasteiger partial charge in [0.2, 0.25) is 0 Å². The van der Waals surface area contributed by atoms with Gasteiger partial charge in [-0.05, 0) is 0 Å². The Bertz CT molecular complexity index is 354. The molecule has 0 aliphatic carbocycles. The summed E-state index contributed by atoms with van der Waals surface area (Å²) in [6.45, 7) is -1.14. The molecule has 0 saturated heterocycles. The number of hydrogen-bond donors (Lipinski definition) is 1. The Morgan fingerprint density at radius 1 is 1.43 bits per heavy atom. The van der Waals surface area contributed by atoms with Crippen LogP contribution in [0, 0.1) is 12.3 Å². The van der Waals surface area contributed by atoms with Crippen molar-refractivity contribution < 1.29 is 13.2 Å². The number of anilines is 1. The van der Waals surface area contributed by atoms with Crippen LogP contribution in [0.2, 0.25) is 0 Å². The van der Waals surface area contributed by atoms with Gasteiger partial charge in [-0.15, -0.1) is 6.42 Å². The van der Waals surface area contributed by atoms with E-state index in [0.717, 1.165) is 6.33 Å². The molecular formula is C8H6F3N3. The van der Waals surface area contributed by atoms with Crippen molar-refractivity contribution in [2.45, 2.75) is 6.18 Å². The molecular weight excluding hydrogens is 195 g/mol. The summed E-state index contributed by atoms with van der Waals surface area (Å²) in [6.07, 6.45) is 1.84. The van der Waals surface area contributed by atoms with Crippen molar-refractivity contribution in [1.82, 2.24) is 9.97 Å². The molecule has 3 nitrogen and oxygen atoms in total. The lowest BCUT2D eigenvalue weighted by Crippen LogP contribution is -2.21. The van der Waals surface area contributed by atoms with E-state index in [-0.39, 0.29) is 11.5 Å². The number of hydrogen-bond acceptors (Lipinski definition) is 3. The zero-order valence-electron chi connectivity index (χ0n) is 6.97. The van der Waals surface area contributed by atoms with E-state index in [1.165, 1.54) is 6.07 Å². The van der Waals surface area contributed by atoms with Crippen molar-refractivity contribution in [1.29, 1.82) is 0 Å². The molecule has 14 heavy (non-hydrogen) atoms. The highest BCUT2D eigenvalue weighted by Crippen LogP contribution is 2.15. The van der Waals surface area contributed by atoms with Gasteiger partial charge in [-0.25, -0.2) is 9.97 Å². The lowest BCUT2D eigenvalue weighted by Gasteiger charge is -2.08. The van der Waals surface area contributed by atoms with E-state index in [4.69, 9.17) is 6.42 Å². The van der Waals surface area contributed by atoms with Crippen molar-refractivity contribution >= 4 is 5.82 Å². The van der Waals surface area contributed by atoms with Gasteiger partial charge in [0.15, 0.2) is 0 Å². The third-order valence-corrected chi connectivity index (χ3v) is 1.28. The fourth-order valence-corrected chi connectivity index (χ4v) is 0.724. The third kappa shape index (κ3) is 3.31. The van der Waals surface area contributed by atoms with Gasteiger partial charge in [0, 0.05) is 6.07 Å². The molecule has 1 aromatic rings. The van der Waals surface area contributed by atoms with Gasteiger partial charge in [0.25, 0.3) is 0 Å². The zero-order valence-corrected chi connectivity index (χ0v) is 6.97. The monoisotopic (exact) mass is 201 g/mol. The van der Waals surface area contributed by atoms with Gasteiger partial charge in [-0.3, -0.25) is 0 Å². The van der Waals surface area contributed by atoms with Crippen LogP contribution in [0.5, 0.6) is 0 Å². The first-order valence-corrected chi connectivity index (χ1v) is 3.60. The van der Waals surface area contributed by atoms with Crippen molar-refractivity contribution in [3.63, 3.8) is 0 Å². The first-order valence-electron chi connectivity index (χ1n) is 3.60. The van der Waals surface area contributed by atoms with Gasteiger partial charge >= 0.3 is 6.18 Å². The van der Waals surface area contributed by atoms with Crippen LogP contribution in [0.4, 0.5) is 19.0 Å². The molecule has 0 aliphatic heterocycles. The molecule has 0 fully saturated rings. The first kappa shape index (κ1) is 10.3. The molecule has 0 spiro atoms. The average Bonchev–Trinajstić information content (AvgIpc) is 2.14. The number of nitrogens with zero attached hydrogens (tertiary/aromatic N) is 2. The minimum absolute atomic E-state index is 0.0604. The number of alkyl halides is 3. The van der Waals surface area contributed by atoms with Crippen LogP contribution in [-0.2, 0) is 0 Å². The van der Waals surface area contributed by atoms with Gasteiger partial charge in [0.05, 0.1) is 0 Å². The Morgan fingerprint density at radius 3 is 2.71 bits per heavy atom. The number of aromatic nitrogens is 2. The fourth-order valence-electron chi connectivity index (χ4n) is 0.724. The van der Waals surface area contributed by atoms with Crippen LogP contribution in [0.15, 0.2) is 12.4 Å². The highest BCUT2D eigenvalue weighted by atomic mass is 19.4. The van der Waals surface area contributed by atoms with Crippen LogP contribution in [0.1, 0.15) is 5.69 Å². The summed E-state index contributed by atoms with van der Waals surface area (Å²) in [4.78, 5) is 7.21. The molecule has 6 heteroatoms. The molecule has 1 N–H and O–H groups in total. The smallest absolute Gasteiger partial charge is 0.361 e. The van der Waals surface area contributed by atoms with E-state index in [9.17, 15) is 13.2 Å². The van der Waals surface area contributed by atoms with Crippen molar-refractivity contribution in [2.75, 3.05) is 11.9 Å². The highest BCUT2D eigenvalue weighted by Gasteiger charge is 2.26. The molecule has 0 bridgehead atoms. The number of rotatable bonds is 2. The molecule has 0 radical (unpaired) electrons. The standard InChI is InChI=1S/C8H6F3N3/c1-2-6-3-7(14-5-13-6)12-4-8(9,10)11/h1,3,5H,4H2,(H,12,13,14). The summed E-state index contributed by atoms with van der Waals surface area (Å²) < 4.78 is 35.3. The Hall–Kier alpha value is -1.77. The normalized spacial score (nSPS) is 10.7. The topological polar surface area (TPSA) is 37.8 Å². The van der Waals surface area contributed by atoms with Gasteiger partial charge in [-0.2, -0.15) is 13.2 Å². The van der Waals surface area contributed by atoms with E-state index >= 15 is 0 Å². The molecule has 0 unspecified atom stereocenters. The second kappa shape index (κ2) is 3.96. The summed E-state index contributed by atoms with van der Waals surface area (Å²) in [5, 5.41) is 2.09. The quantitative estimate of drug-likeness (QED) is 0.735. The van der Waals surface area contributed by atoms with Gasteiger partial charge < -0.3 is 5.32 Å². The van der Waals surface area contributed by atoms with Gasteiger partial charge in [0.1, 0.15) is 24.4 Å². The predicted molar refractivity (Wildman–Crippen MR) is 44.5 cm³/mol. The Balaban J connectivity index is 2.65. The van der Waals surface area contributed by atoms with Gasteiger partial charge in [-0.1, -0.05) is 5.92 Å². The maximum absolute atomic E-state index is 11.8. The lowest BCUT2D eigenvalue weighted by atomic mass is 10.4. The molecule has 74 valence electrons. The number of nitrogens with one attached hydrogen (secondary N) is 1. The molecule has 1 aromatic heterocycles. The maximum Gasteiger partial charge on any atom is 0.405 e. The average molecular weight is 201 g/mol. The summed E-state index contributed by atoms with van der Waals surface area (Å²) in [5.41, 5.74) is 0.240. The van der Waals surface area contributed by atoms with Crippen LogP contribution >= 0.6 is 0 Å². The first-order chi connectivity index (χ1) is 6.51. The van der Waals surface area contributed by atoms with Crippen LogP contribution < -0.4 is 5.32 Å². The summed E-state index contributed by atoms with van der Waals surface area (Å²) in [5.74, 6) is 2.25. The molecule has 0 amide bonds. The van der Waals surface area contributed by atoms with E-state index in [1.807, 2.05) is 0 Å². The molecule has 0 aliphatic rings. The maximum atomic E-state index is 11.8. The van der Waals surface area contributed by atoms with E-state index < -0.39 is 12.7 Å². The summed E-state index contributed by atoms with van der Waals surface area (Å²) >= 11 is 0. The number of terminal acetylenes is 1. The van der Waals surface area contributed by atoms with E-state index in [0.29, 0.717) is 0 Å². The minimum Gasteiger partial charge on any atom is -0.361 e. The molecule has 0 saturated carbocycles. The Kier molecular flexibility index (Phi) is 2.92.